The van der Waals surface area contributed by atoms with Crippen LogP contribution in [0, 0.1) is 13.8 Å². The van der Waals surface area contributed by atoms with E-state index in [-0.39, 0.29) is 5.56 Å². The lowest BCUT2D eigenvalue weighted by atomic mass is 10.1. The molecule has 0 amide bonds. The fourth-order valence-corrected chi connectivity index (χ4v) is 1.95. The van der Waals surface area contributed by atoms with E-state index in [1.54, 1.807) is 6.92 Å². The molecule has 2 rings (SSSR count). The van der Waals surface area contributed by atoms with Crippen molar-refractivity contribution >= 4 is 11.7 Å². The molecule has 1 heterocycles. The Labute approximate surface area is 99.1 Å². The first-order valence-corrected chi connectivity index (χ1v) is 5.29. The van der Waals surface area contributed by atoms with Gasteiger partial charge in [-0.2, -0.15) is 0 Å². The number of hydrogen-bond donors (Lipinski definition) is 3. The van der Waals surface area contributed by atoms with Gasteiger partial charge < -0.3 is 15.8 Å². The van der Waals surface area contributed by atoms with Gasteiger partial charge in [-0.25, -0.2) is 4.79 Å². The number of aromatic nitrogens is 1. The van der Waals surface area contributed by atoms with Crippen LogP contribution in [0.15, 0.2) is 24.3 Å². The fourth-order valence-electron chi connectivity index (χ4n) is 1.95. The molecule has 4 heteroatoms. The molecule has 0 saturated heterocycles. The maximum atomic E-state index is 11.1. The molecule has 4 N–H and O–H groups in total. The number of carboxylic acid groups (broad SMARTS) is 1. The quantitative estimate of drug-likeness (QED) is 0.741. The zero-order chi connectivity index (χ0) is 12.6. The third kappa shape index (κ3) is 1.89. The molecule has 0 aliphatic carbocycles. The highest BCUT2D eigenvalue weighted by molar-refractivity contribution is 5.99. The van der Waals surface area contributed by atoms with E-state index < -0.39 is 5.97 Å². The Morgan fingerprint density at radius 1 is 1.35 bits per heavy atom. The van der Waals surface area contributed by atoms with Gasteiger partial charge in [-0.1, -0.05) is 23.8 Å². The van der Waals surface area contributed by atoms with E-state index in [4.69, 9.17) is 10.8 Å². The van der Waals surface area contributed by atoms with Gasteiger partial charge in [0.25, 0.3) is 0 Å². The van der Waals surface area contributed by atoms with Gasteiger partial charge in [-0.05, 0) is 19.9 Å². The summed E-state index contributed by atoms with van der Waals surface area (Å²) < 4.78 is 0. The Bertz CT molecular complexity index is 585. The normalized spacial score (nSPS) is 10.5. The lowest BCUT2D eigenvalue weighted by Crippen LogP contribution is -2.01. The summed E-state index contributed by atoms with van der Waals surface area (Å²) in [5, 5.41) is 9.06. The number of hydrogen-bond acceptors (Lipinski definition) is 2. The third-order valence-corrected chi connectivity index (χ3v) is 2.75. The number of anilines is 1. The maximum Gasteiger partial charge on any atom is 0.339 e. The van der Waals surface area contributed by atoms with Gasteiger partial charge >= 0.3 is 5.97 Å². The Kier molecular flexibility index (Phi) is 2.63. The van der Waals surface area contributed by atoms with Crippen LogP contribution in [0.25, 0.3) is 11.3 Å². The summed E-state index contributed by atoms with van der Waals surface area (Å²) in [5.74, 6) is -1.00. The molecule has 0 atom stereocenters. The first kappa shape index (κ1) is 11.3. The van der Waals surface area contributed by atoms with Crippen LogP contribution in [0.2, 0.25) is 0 Å². The Morgan fingerprint density at radius 3 is 2.59 bits per heavy atom. The molecule has 88 valence electrons. The minimum atomic E-state index is -1.00. The van der Waals surface area contributed by atoms with Crippen molar-refractivity contribution in [1.29, 1.82) is 0 Å². The number of H-pyrrole nitrogens is 1. The van der Waals surface area contributed by atoms with E-state index in [9.17, 15) is 4.79 Å². The second kappa shape index (κ2) is 3.97. The molecular formula is C13H14N2O2. The predicted molar refractivity (Wildman–Crippen MR) is 67.1 cm³/mol. The number of carboxylic acids is 1. The molecule has 0 saturated carbocycles. The van der Waals surface area contributed by atoms with Gasteiger partial charge in [0.15, 0.2) is 0 Å². The molecule has 0 aliphatic rings. The molecule has 17 heavy (non-hydrogen) atoms. The van der Waals surface area contributed by atoms with Crippen molar-refractivity contribution in [3.05, 3.63) is 41.1 Å². The Hall–Kier alpha value is -2.23. The van der Waals surface area contributed by atoms with Gasteiger partial charge in [-0.3, -0.25) is 0 Å². The average molecular weight is 230 g/mol. The number of nitrogens with two attached hydrogens (primary N) is 1. The van der Waals surface area contributed by atoms with Crippen molar-refractivity contribution in [2.75, 3.05) is 5.73 Å². The highest BCUT2D eigenvalue weighted by Gasteiger charge is 2.18. The number of aromatic carboxylic acids is 1. The number of nitrogens with one attached hydrogen (secondary N) is 1. The van der Waals surface area contributed by atoms with Crippen LogP contribution in [0.1, 0.15) is 21.6 Å². The van der Waals surface area contributed by atoms with Crippen molar-refractivity contribution in [3.8, 4) is 11.3 Å². The molecule has 0 bridgehead atoms. The molecular weight excluding hydrogens is 216 g/mol. The Morgan fingerprint density at radius 2 is 2.06 bits per heavy atom. The number of carbonyl (C=O) groups is 1. The number of nitrogen functional groups attached to an aromatic ring is 1. The smallest absolute Gasteiger partial charge is 0.339 e. The SMILES string of the molecule is Cc1cccc(-c2[nH]c(C)c(C(=O)O)c2N)c1. The molecule has 1 aromatic carbocycles. The monoisotopic (exact) mass is 230 g/mol. The van der Waals surface area contributed by atoms with E-state index in [0.29, 0.717) is 17.1 Å². The largest absolute Gasteiger partial charge is 0.478 e. The van der Waals surface area contributed by atoms with Gasteiger partial charge in [0.2, 0.25) is 0 Å². The van der Waals surface area contributed by atoms with Crippen LogP contribution in [-0.2, 0) is 0 Å². The lowest BCUT2D eigenvalue weighted by molar-refractivity contribution is 0.0697. The number of rotatable bonds is 2. The summed E-state index contributed by atoms with van der Waals surface area (Å²) in [6.07, 6.45) is 0. The predicted octanol–water partition coefficient (Wildman–Crippen LogP) is 2.58. The Balaban J connectivity index is 2.62. The second-order valence-corrected chi connectivity index (χ2v) is 4.09. The van der Waals surface area contributed by atoms with E-state index in [2.05, 4.69) is 4.98 Å². The highest BCUT2D eigenvalue weighted by Crippen LogP contribution is 2.30. The first-order valence-electron chi connectivity index (χ1n) is 5.29. The highest BCUT2D eigenvalue weighted by atomic mass is 16.4. The van der Waals surface area contributed by atoms with Gasteiger partial charge in [0.1, 0.15) is 5.56 Å². The number of aryl methyl sites for hydroxylation is 2. The molecule has 0 unspecified atom stereocenters. The third-order valence-electron chi connectivity index (χ3n) is 2.75. The van der Waals surface area contributed by atoms with Crippen molar-refractivity contribution in [2.45, 2.75) is 13.8 Å². The van der Waals surface area contributed by atoms with Gasteiger partial charge in [-0.15, -0.1) is 0 Å². The fraction of sp³-hybridized carbons (Fsp3) is 0.154. The van der Waals surface area contributed by atoms with Crippen molar-refractivity contribution in [3.63, 3.8) is 0 Å². The number of benzene rings is 1. The minimum absolute atomic E-state index is 0.154. The lowest BCUT2D eigenvalue weighted by Gasteiger charge is -2.02. The summed E-state index contributed by atoms with van der Waals surface area (Å²) in [4.78, 5) is 14.1. The van der Waals surface area contributed by atoms with Crippen LogP contribution < -0.4 is 5.73 Å². The van der Waals surface area contributed by atoms with Crippen molar-refractivity contribution < 1.29 is 9.90 Å². The van der Waals surface area contributed by atoms with E-state index in [1.807, 2.05) is 31.2 Å². The van der Waals surface area contributed by atoms with Crippen LogP contribution in [-0.4, -0.2) is 16.1 Å². The van der Waals surface area contributed by atoms with Crippen molar-refractivity contribution in [1.82, 2.24) is 4.98 Å². The summed E-state index contributed by atoms with van der Waals surface area (Å²) >= 11 is 0. The molecule has 1 aromatic heterocycles. The summed E-state index contributed by atoms with van der Waals surface area (Å²) in [6, 6.07) is 7.77. The molecule has 2 aromatic rings. The zero-order valence-electron chi connectivity index (χ0n) is 9.74. The molecule has 0 spiro atoms. The molecule has 0 fully saturated rings. The summed E-state index contributed by atoms with van der Waals surface area (Å²) in [6.45, 7) is 3.69. The van der Waals surface area contributed by atoms with E-state index in [0.717, 1.165) is 11.1 Å². The van der Waals surface area contributed by atoms with Crippen LogP contribution in [0.5, 0.6) is 0 Å². The number of aromatic amines is 1. The second-order valence-electron chi connectivity index (χ2n) is 4.09. The van der Waals surface area contributed by atoms with E-state index >= 15 is 0 Å². The standard InChI is InChI=1S/C13H14N2O2/c1-7-4-3-5-9(6-7)12-11(14)10(13(16)17)8(2)15-12/h3-6,15H,14H2,1-2H3,(H,16,17). The molecule has 4 nitrogen and oxygen atoms in total. The maximum absolute atomic E-state index is 11.1. The van der Waals surface area contributed by atoms with Crippen molar-refractivity contribution in [2.24, 2.45) is 0 Å². The first-order chi connectivity index (χ1) is 8.00. The minimum Gasteiger partial charge on any atom is -0.478 e. The average Bonchev–Trinajstić information content (AvgIpc) is 2.54. The zero-order valence-corrected chi connectivity index (χ0v) is 9.74. The summed E-state index contributed by atoms with van der Waals surface area (Å²) in [7, 11) is 0. The van der Waals surface area contributed by atoms with Crippen LogP contribution in [0.4, 0.5) is 5.69 Å². The van der Waals surface area contributed by atoms with Gasteiger partial charge in [0, 0.05) is 11.3 Å². The van der Waals surface area contributed by atoms with Crippen LogP contribution in [0.3, 0.4) is 0 Å². The van der Waals surface area contributed by atoms with Crippen LogP contribution >= 0.6 is 0 Å². The van der Waals surface area contributed by atoms with Gasteiger partial charge in [0.05, 0.1) is 11.4 Å². The molecule has 0 radical (unpaired) electrons. The molecule has 0 aliphatic heterocycles. The summed E-state index contributed by atoms with van der Waals surface area (Å²) in [5.41, 5.74) is 9.57. The van der Waals surface area contributed by atoms with E-state index in [1.165, 1.54) is 0 Å². The topological polar surface area (TPSA) is 79.1 Å².